The molecule has 23 heavy (non-hydrogen) atoms. The lowest BCUT2D eigenvalue weighted by Gasteiger charge is -2.09. The van der Waals surface area contributed by atoms with E-state index in [1.54, 1.807) is 18.2 Å². The lowest BCUT2D eigenvalue weighted by Crippen LogP contribution is -2.17. The van der Waals surface area contributed by atoms with Crippen molar-refractivity contribution >= 4 is 15.8 Å². The van der Waals surface area contributed by atoms with Crippen molar-refractivity contribution in [2.45, 2.75) is 57.3 Å². The van der Waals surface area contributed by atoms with Gasteiger partial charge in [-0.25, -0.2) is 13.2 Å². The number of unbranched alkanes of at least 4 members (excludes halogenated alkanes) is 5. The van der Waals surface area contributed by atoms with E-state index in [0.717, 1.165) is 19.3 Å². The lowest BCUT2D eigenvalue weighted by atomic mass is 10.1. The number of rotatable bonds is 10. The molecule has 0 saturated heterocycles. The monoisotopic (exact) mass is 338 g/mol. The van der Waals surface area contributed by atoms with Crippen molar-refractivity contribution in [3.63, 3.8) is 0 Å². The summed E-state index contributed by atoms with van der Waals surface area (Å²) in [5.41, 5.74) is 0. The molecule has 0 bridgehead atoms. The summed E-state index contributed by atoms with van der Waals surface area (Å²) in [5, 5.41) is 0. The molecule has 0 aliphatic rings. The molecule has 1 aromatic rings. The van der Waals surface area contributed by atoms with E-state index in [1.165, 1.54) is 44.4 Å². The van der Waals surface area contributed by atoms with Crippen LogP contribution in [0.5, 0.6) is 0 Å². The number of carbonyl (C=O) groups is 1. The molecule has 0 aliphatic heterocycles. The second-order valence-electron chi connectivity index (χ2n) is 5.37. The number of hydrogen-bond donors (Lipinski definition) is 0. The van der Waals surface area contributed by atoms with Crippen LogP contribution in [0.15, 0.2) is 46.2 Å². The minimum atomic E-state index is -3.82. The van der Waals surface area contributed by atoms with E-state index in [-0.39, 0.29) is 16.4 Å². The van der Waals surface area contributed by atoms with Crippen LogP contribution in [0.4, 0.5) is 0 Å². The van der Waals surface area contributed by atoms with E-state index >= 15 is 0 Å². The average molecular weight is 338 g/mol. The Morgan fingerprint density at radius 1 is 1.04 bits per heavy atom. The highest BCUT2D eigenvalue weighted by atomic mass is 32.2. The fraction of sp³-hybridized carbons (Fsp3) is 0.500. The number of ether oxygens (including phenoxy) is 1. The fourth-order valence-electron chi connectivity index (χ4n) is 2.23. The lowest BCUT2D eigenvalue weighted by molar-refractivity contribution is -0.138. The molecule has 128 valence electrons. The largest absolute Gasteiger partial charge is 0.462 e. The molecule has 0 atom stereocenters. The Bertz CT molecular complexity index is 603. The van der Waals surface area contributed by atoms with Crippen molar-refractivity contribution in [2.75, 3.05) is 6.61 Å². The highest BCUT2D eigenvalue weighted by Crippen LogP contribution is 2.20. The van der Waals surface area contributed by atoms with Gasteiger partial charge in [-0.2, -0.15) is 0 Å². The molecule has 0 aliphatic carbocycles. The Labute approximate surface area is 139 Å². The highest BCUT2D eigenvalue weighted by Gasteiger charge is 2.27. The molecule has 0 spiro atoms. The van der Waals surface area contributed by atoms with Crippen LogP contribution >= 0.6 is 0 Å². The van der Waals surface area contributed by atoms with Gasteiger partial charge < -0.3 is 4.74 Å². The highest BCUT2D eigenvalue weighted by molar-refractivity contribution is 7.96. The molecular weight excluding hydrogens is 312 g/mol. The molecule has 0 aromatic heterocycles. The SMILES string of the molecule is C/C=C(\C(=O)OCCCCCCCC)S(=O)(=O)c1ccccc1. The fourth-order valence-corrected chi connectivity index (χ4v) is 3.59. The quantitative estimate of drug-likeness (QED) is 0.363. The number of sulfone groups is 1. The van der Waals surface area contributed by atoms with Crippen molar-refractivity contribution in [3.8, 4) is 0 Å². The Balaban J connectivity index is 2.53. The van der Waals surface area contributed by atoms with Gasteiger partial charge in [-0.15, -0.1) is 0 Å². The van der Waals surface area contributed by atoms with Crippen molar-refractivity contribution in [1.82, 2.24) is 0 Å². The van der Waals surface area contributed by atoms with Crippen molar-refractivity contribution in [2.24, 2.45) is 0 Å². The molecule has 0 heterocycles. The van der Waals surface area contributed by atoms with E-state index in [4.69, 9.17) is 4.74 Å². The van der Waals surface area contributed by atoms with E-state index in [1.807, 2.05) is 0 Å². The van der Waals surface area contributed by atoms with Crippen molar-refractivity contribution in [1.29, 1.82) is 0 Å². The number of benzene rings is 1. The summed E-state index contributed by atoms with van der Waals surface area (Å²) in [7, 11) is -3.82. The maximum atomic E-state index is 12.4. The van der Waals surface area contributed by atoms with Crippen LogP contribution in [0.2, 0.25) is 0 Å². The molecule has 0 unspecified atom stereocenters. The molecular formula is C18H26O4S. The van der Waals surface area contributed by atoms with Gasteiger partial charge in [0.25, 0.3) is 0 Å². The zero-order valence-corrected chi connectivity index (χ0v) is 14.8. The molecule has 0 N–H and O–H groups in total. The number of hydrogen-bond acceptors (Lipinski definition) is 4. The van der Waals surface area contributed by atoms with Crippen LogP contribution in [0.3, 0.4) is 0 Å². The minimum absolute atomic E-state index is 0.101. The molecule has 0 fully saturated rings. The first-order valence-corrected chi connectivity index (χ1v) is 9.66. The number of allylic oxidation sites excluding steroid dienone is 1. The van der Waals surface area contributed by atoms with Gasteiger partial charge in [-0.05, 0) is 25.5 Å². The van der Waals surface area contributed by atoms with Gasteiger partial charge in [0.1, 0.15) is 0 Å². The summed E-state index contributed by atoms with van der Waals surface area (Å²) in [6, 6.07) is 7.93. The molecule has 0 saturated carbocycles. The number of carbonyl (C=O) groups excluding carboxylic acids is 1. The Morgan fingerprint density at radius 2 is 1.65 bits per heavy atom. The zero-order chi connectivity index (χ0) is 17.1. The van der Waals surface area contributed by atoms with Crippen LogP contribution < -0.4 is 0 Å². The topological polar surface area (TPSA) is 60.4 Å². The summed E-state index contributed by atoms with van der Waals surface area (Å²) < 4.78 is 30.0. The minimum Gasteiger partial charge on any atom is -0.462 e. The summed E-state index contributed by atoms with van der Waals surface area (Å²) in [6.45, 7) is 3.95. The van der Waals surface area contributed by atoms with Crippen LogP contribution in [0.1, 0.15) is 52.4 Å². The third kappa shape index (κ3) is 6.18. The van der Waals surface area contributed by atoms with Gasteiger partial charge in [-0.3, -0.25) is 0 Å². The first kappa shape index (κ1) is 19.4. The van der Waals surface area contributed by atoms with Crippen LogP contribution in [0, 0.1) is 0 Å². The standard InChI is InChI=1S/C18H26O4S/c1-3-5-6-7-8-12-15-22-18(19)17(4-2)23(20,21)16-13-10-9-11-14-16/h4,9-11,13-14H,3,5-8,12,15H2,1-2H3/b17-4+. The van der Waals surface area contributed by atoms with E-state index < -0.39 is 15.8 Å². The van der Waals surface area contributed by atoms with Gasteiger partial charge in [0.05, 0.1) is 11.5 Å². The van der Waals surface area contributed by atoms with E-state index in [2.05, 4.69) is 6.92 Å². The van der Waals surface area contributed by atoms with Crippen LogP contribution in [0.25, 0.3) is 0 Å². The average Bonchev–Trinajstić information content (AvgIpc) is 2.55. The normalized spacial score (nSPS) is 12.2. The molecule has 4 nitrogen and oxygen atoms in total. The molecule has 1 aromatic carbocycles. The molecule has 0 amide bonds. The molecule has 5 heteroatoms. The van der Waals surface area contributed by atoms with Crippen molar-refractivity contribution in [3.05, 3.63) is 41.3 Å². The third-order valence-electron chi connectivity index (χ3n) is 3.54. The van der Waals surface area contributed by atoms with Crippen LogP contribution in [-0.2, 0) is 19.4 Å². The Kier molecular flexibility index (Phi) is 8.62. The second-order valence-corrected chi connectivity index (χ2v) is 7.29. The summed E-state index contributed by atoms with van der Waals surface area (Å²) in [6.07, 6.45) is 7.76. The third-order valence-corrected chi connectivity index (χ3v) is 5.41. The van der Waals surface area contributed by atoms with Gasteiger partial charge in [0.15, 0.2) is 4.91 Å². The molecule has 1 rings (SSSR count). The van der Waals surface area contributed by atoms with Gasteiger partial charge in [0, 0.05) is 0 Å². The maximum Gasteiger partial charge on any atom is 0.349 e. The first-order valence-electron chi connectivity index (χ1n) is 8.17. The van der Waals surface area contributed by atoms with Gasteiger partial charge in [-0.1, -0.05) is 63.3 Å². The summed E-state index contributed by atoms with van der Waals surface area (Å²) in [5.74, 6) is -0.773. The first-order chi connectivity index (χ1) is 11.0. The molecule has 0 radical (unpaired) electrons. The summed E-state index contributed by atoms with van der Waals surface area (Å²) >= 11 is 0. The van der Waals surface area contributed by atoms with Crippen LogP contribution in [-0.4, -0.2) is 21.0 Å². The van der Waals surface area contributed by atoms with Gasteiger partial charge in [0.2, 0.25) is 9.84 Å². The van der Waals surface area contributed by atoms with E-state index in [0.29, 0.717) is 0 Å². The maximum absolute atomic E-state index is 12.4. The Hall–Kier alpha value is -1.62. The second kappa shape index (κ2) is 10.2. The predicted molar refractivity (Wildman–Crippen MR) is 91.7 cm³/mol. The zero-order valence-electron chi connectivity index (χ0n) is 14.0. The Morgan fingerprint density at radius 3 is 2.26 bits per heavy atom. The number of esters is 1. The smallest absolute Gasteiger partial charge is 0.349 e. The van der Waals surface area contributed by atoms with Crippen molar-refractivity contribution < 1.29 is 17.9 Å². The summed E-state index contributed by atoms with van der Waals surface area (Å²) in [4.78, 5) is 11.9. The predicted octanol–water partition coefficient (Wildman–Crippen LogP) is 4.27. The van der Waals surface area contributed by atoms with Gasteiger partial charge >= 0.3 is 5.97 Å². The van der Waals surface area contributed by atoms with E-state index in [9.17, 15) is 13.2 Å².